The van der Waals surface area contributed by atoms with Crippen molar-refractivity contribution in [3.63, 3.8) is 0 Å². The van der Waals surface area contributed by atoms with Gasteiger partial charge < -0.3 is 10.2 Å². The van der Waals surface area contributed by atoms with E-state index in [1.165, 1.54) is 24.3 Å². The lowest BCUT2D eigenvalue weighted by Gasteiger charge is -2.32. The molecule has 0 aromatic heterocycles. The Kier molecular flexibility index (Phi) is 6.13. The summed E-state index contributed by atoms with van der Waals surface area (Å²) in [6, 6.07) is 5.79. The van der Waals surface area contributed by atoms with E-state index in [9.17, 15) is 14.0 Å². The minimum absolute atomic E-state index is 0.0217. The standard InChI is InChI=1S/C18H25FN2O2/c1-3-4-13(2)20-17(22)14-9-11-21(12-10-14)18(23)15-5-7-16(19)8-6-15/h5-8,13-14H,3-4,9-12H2,1-2H3,(H,20,22)/t13-/m1/s1. The average molecular weight is 320 g/mol. The summed E-state index contributed by atoms with van der Waals surface area (Å²) >= 11 is 0. The molecule has 1 aliphatic heterocycles. The summed E-state index contributed by atoms with van der Waals surface area (Å²) in [4.78, 5) is 26.3. The van der Waals surface area contributed by atoms with Gasteiger partial charge in [-0.15, -0.1) is 0 Å². The van der Waals surface area contributed by atoms with Crippen molar-refractivity contribution < 1.29 is 14.0 Å². The van der Waals surface area contributed by atoms with Crippen LogP contribution in [0.1, 0.15) is 49.9 Å². The van der Waals surface area contributed by atoms with Crippen molar-refractivity contribution >= 4 is 11.8 Å². The summed E-state index contributed by atoms with van der Waals surface area (Å²) in [5.74, 6) is -0.368. The summed E-state index contributed by atoms with van der Waals surface area (Å²) < 4.78 is 12.9. The van der Waals surface area contributed by atoms with E-state index in [4.69, 9.17) is 0 Å². The first-order valence-electron chi connectivity index (χ1n) is 8.36. The maximum absolute atomic E-state index is 12.9. The number of likely N-dealkylation sites (tertiary alicyclic amines) is 1. The normalized spacial score (nSPS) is 16.9. The first-order valence-corrected chi connectivity index (χ1v) is 8.36. The number of nitrogens with one attached hydrogen (secondary N) is 1. The van der Waals surface area contributed by atoms with Gasteiger partial charge in [0.1, 0.15) is 5.82 Å². The Morgan fingerprint density at radius 3 is 2.43 bits per heavy atom. The monoisotopic (exact) mass is 320 g/mol. The number of carbonyl (C=O) groups is 2. The van der Waals surface area contributed by atoms with Crippen molar-refractivity contribution in [2.75, 3.05) is 13.1 Å². The first kappa shape index (κ1) is 17.4. The molecule has 0 saturated carbocycles. The lowest BCUT2D eigenvalue weighted by molar-refractivity contribution is -0.126. The lowest BCUT2D eigenvalue weighted by Crippen LogP contribution is -2.44. The van der Waals surface area contributed by atoms with E-state index in [2.05, 4.69) is 12.2 Å². The predicted molar refractivity (Wildman–Crippen MR) is 87.5 cm³/mol. The van der Waals surface area contributed by atoms with Crippen LogP contribution in [0.25, 0.3) is 0 Å². The van der Waals surface area contributed by atoms with Crippen LogP contribution in [0.4, 0.5) is 4.39 Å². The van der Waals surface area contributed by atoms with Gasteiger partial charge in [0.15, 0.2) is 0 Å². The van der Waals surface area contributed by atoms with Crippen molar-refractivity contribution in [3.8, 4) is 0 Å². The Morgan fingerprint density at radius 2 is 1.87 bits per heavy atom. The molecule has 1 heterocycles. The fraction of sp³-hybridized carbons (Fsp3) is 0.556. The molecule has 1 N–H and O–H groups in total. The number of carbonyl (C=O) groups excluding carboxylic acids is 2. The summed E-state index contributed by atoms with van der Waals surface area (Å²) in [7, 11) is 0. The van der Waals surface area contributed by atoms with E-state index >= 15 is 0 Å². The van der Waals surface area contributed by atoms with Crippen LogP contribution in [-0.2, 0) is 4.79 Å². The van der Waals surface area contributed by atoms with Crippen LogP contribution in [0.5, 0.6) is 0 Å². The second-order valence-corrected chi connectivity index (χ2v) is 6.27. The molecule has 0 unspecified atom stereocenters. The van der Waals surface area contributed by atoms with Crippen molar-refractivity contribution in [1.82, 2.24) is 10.2 Å². The third-order valence-corrected chi connectivity index (χ3v) is 4.35. The smallest absolute Gasteiger partial charge is 0.253 e. The van der Waals surface area contributed by atoms with E-state index in [1.54, 1.807) is 4.90 Å². The molecule has 23 heavy (non-hydrogen) atoms. The van der Waals surface area contributed by atoms with Gasteiger partial charge in [0.25, 0.3) is 5.91 Å². The summed E-state index contributed by atoms with van der Waals surface area (Å²) in [6.07, 6.45) is 3.38. The highest BCUT2D eigenvalue weighted by atomic mass is 19.1. The minimum Gasteiger partial charge on any atom is -0.353 e. The Labute approximate surface area is 137 Å². The van der Waals surface area contributed by atoms with Crippen LogP contribution in [0.2, 0.25) is 0 Å². The highest BCUT2D eigenvalue weighted by Gasteiger charge is 2.28. The highest BCUT2D eigenvalue weighted by molar-refractivity contribution is 5.94. The molecule has 2 amide bonds. The number of hydrogen-bond acceptors (Lipinski definition) is 2. The molecule has 4 nitrogen and oxygen atoms in total. The van der Waals surface area contributed by atoms with E-state index in [0.29, 0.717) is 31.5 Å². The largest absolute Gasteiger partial charge is 0.353 e. The zero-order valence-electron chi connectivity index (χ0n) is 13.8. The highest BCUT2D eigenvalue weighted by Crippen LogP contribution is 2.20. The number of rotatable bonds is 5. The van der Waals surface area contributed by atoms with Crippen molar-refractivity contribution in [1.29, 1.82) is 0 Å². The fourth-order valence-electron chi connectivity index (χ4n) is 2.99. The van der Waals surface area contributed by atoms with Gasteiger partial charge in [-0.1, -0.05) is 13.3 Å². The Bertz CT molecular complexity index is 536. The maximum atomic E-state index is 12.9. The maximum Gasteiger partial charge on any atom is 0.253 e. The van der Waals surface area contributed by atoms with Gasteiger partial charge >= 0.3 is 0 Å². The number of halogens is 1. The van der Waals surface area contributed by atoms with Crippen LogP contribution in [0, 0.1) is 11.7 Å². The van der Waals surface area contributed by atoms with E-state index in [1.807, 2.05) is 6.92 Å². The van der Waals surface area contributed by atoms with Crippen molar-refractivity contribution in [3.05, 3.63) is 35.6 Å². The van der Waals surface area contributed by atoms with Crippen LogP contribution >= 0.6 is 0 Å². The second-order valence-electron chi connectivity index (χ2n) is 6.27. The molecule has 1 aromatic carbocycles. The van der Waals surface area contributed by atoms with Gasteiger partial charge in [-0.3, -0.25) is 9.59 Å². The van der Waals surface area contributed by atoms with Crippen LogP contribution in [0.15, 0.2) is 24.3 Å². The third-order valence-electron chi connectivity index (χ3n) is 4.35. The Hall–Kier alpha value is -1.91. The van der Waals surface area contributed by atoms with Gasteiger partial charge in [0, 0.05) is 30.6 Å². The van der Waals surface area contributed by atoms with Gasteiger partial charge in [-0.05, 0) is 50.5 Å². The fourth-order valence-corrected chi connectivity index (χ4v) is 2.99. The zero-order chi connectivity index (χ0) is 16.8. The topological polar surface area (TPSA) is 49.4 Å². The second kappa shape index (κ2) is 8.09. The average Bonchev–Trinajstić information content (AvgIpc) is 2.55. The van der Waals surface area contributed by atoms with E-state index < -0.39 is 0 Å². The molecule has 0 bridgehead atoms. The first-order chi connectivity index (χ1) is 11.0. The molecule has 1 fully saturated rings. The number of amides is 2. The molecular weight excluding hydrogens is 295 g/mol. The number of hydrogen-bond donors (Lipinski definition) is 1. The molecule has 1 aliphatic rings. The van der Waals surface area contributed by atoms with Crippen LogP contribution in [0.3, 0.4) is 0 Å². The van der Waals surface area contributed by atoms with Gasteiger partial charge in [-0.25, -0.2) is 4.39 Å². The molecule has 0 spiro atoms. The lowest BCUT2D eigenvalue weighted by atomic mass is 9.95. The molecule has 0 radical (unpaired) electrons. The predicted octanol–water partition coefficient (Wildman–Crippen LogP) is 2.98. The van der Waals surface area contributed by atoms with Crippen molar-refractivity contribution in [2.45, 2.75) is 45.6 Å². The van der Waals surface area contributed by atoms with Crippen LogP contribution in [-0.4, -0.2) is 35.8 Å². The van der Waals surface area contributed by atoms with E-state index in [0.717, 1.165) is 12.8 Å². The Balaban J connectivity index is 1.84. The molecule has 126 valence electrons. The summed E-state index contributed by atoms with van der Waals surface area (Å²) in [6.45, 7) is 5.25. The SMILES string of the molecule is CCC[C@@H](C)NC(=O)C1CCN(C(=O)c2ccc(F)cc2)CC1. The summed E-state index contributed by atoms with van der Waals surface area (Å²) in [5.41, 5.74) is 0.492. The zero-order valence-corrected chi connectivity index (χ0v) is 13.8. The van der Waals surface area contributed by atoms with E-state index in [-0.39, 0.29) is 29.6 Å². The molecule has 2 rings (SSSR count). The Morgan fingerprint density at radius 1 is 1.26 bits per heavy atom. The number of nitrogens with zero attached hydrogens (tertiary/aromatic N) is 1. The molecule has 1 aromatic rings. The number of piperidine rings is 1. The molecule has 5 heteroatoms. The quantitative estimate of drug-likeness (QED) is 0.907. The molecule has 1 saturated heterocycles. The molecule has 0 aliphatic carbocycles. The number of benzene rings is 1. The van der Waals surface area contributed by atoms with Gasteiger partial charge in [0.05, 0.1) is 0 Å². The van der Waals surface area contributed by atoms with Gasteiger partial charge in [0.2, 0.25) is 5.91 Å². The van der Waals surface area contributed by atoms with Crippen LogP contribution < -0.4 is 5.32 Å². The minimum atomic E-state index is -0.349. The molecule has 1 atom stereocenters. The molecular formula is C18H25FN2O2. The van der Waals surface area contributed by atoms with Gasteiger partial charge in [-0.2, -0.15) is 0 Å². The third kappa shape index (κ3) is 4.78. The summed E-state index contributed by atoms with van der Waals surface area (Å²) in [5, 5.41) is 3.05. The van der Waals surface area contributed by atoms with Crippen molar-refractivity contribution in [2.24, 2.45) is 5.92 Å².